The van der Waals surface area contributed by atoms with Gasteiger partial charge < -0.3 is 24.3 Å². The highest BCUT2D eigenvalue weighted by Gasteiger charge is 2.22. The molecule has 156 valence electrons. The van der Waals surface area contributed by atoms with Gasteiger partial charge in [0.25, 0.3) is 5.91 Å². The molecule has 0 bridgehead atoms. The van der Waals surface area contributed by atoms with Crippen molar-refractivity contribution in [1.82, 2.24) is 0 Å². The van der Waals surface area contributed by atoms with Gasteiger partial charge in [0.05, 0.1) is 36.6 Å². The van der Waals surface area contributed by atoms with Crippen LogP contribution in [0.25, 0.3) is 0 Å². The van der Waals surface area contributed by atoms with Crippen molar-refractivity contribution in [3.8, 4) is 17.2 Å². The third kappa shape index (κ3) is 5.77. The predicted molar refractivity (Wildman–Crippen MR) is 110 cm³/mol. The van der Waals surface area contributed by atoms with E-state index in [1.54, 1.807) is 24.3 Å². The monoisotopic (exact) mass is 421 g/mol. The second kappa shape index (κ2) is 10.6. The molecule has 2 aromatic rings. The van der Waals surface area contributed by atoms with Gasteiger partial charge in [0.15, 0.2) is 17.6 Å². The van der Waals surface area contributed by atoms with Gasteiger partial charge in [0, 0.05) is 0 Å². The molecule has 0 unspecified atom stereocenters. The lowest BCUT2D eigenvalue weighted by atomic mass is 10.2. The maximum Gasteiger partial charge on any atom is 0.339 e. The molecule has 0 aliphatic rings. The van der Waals surface area contributed by atoms with E-state index in [1.165, 1.54) is 26.2 Å². The summed E-state index contributed by atoms with van der Waals surface area (Å²) in [5.74, 6) is -0.0333. The van der Waals surface area contributed by atoms with E-state index in [2.05, 4.69) is 5.32 Å². The summed E-state index contributed by atoms with van der Waals surface area (Å²) in [4.78, 5) is 24.9. The maximum atomic E-state index is 12.5. The number of ether oxygens (including phenoxy) is 4. The molecule has 0 saturated carbocycles. The van der Waals surface area contributed by atoms with Crippen LogP contribution in [0.3, 0.4) is 0 Å². The van der Waals surface area contributed by atoms with Crippen LogP contribution in [0, 0.1) is 0 Å². The van der Waals surface area contributed by atoms with Gasteiger partial charge in [0.1, 0.15) is 5.75 Å². The molecule has 0 saturated heterocycles. The number of methoxy groups -OCH3 is 1. The third-order valence-electron chi connectivity index (χ3n) is 3.85. The van der Waals surface area contributed by atoms with Gasteiger partial charge in [-0.2, -0.15) is 0 Å². The highest BCUT2D eigenvalue weighted by Crippen LogP contribution is 2.36. The first-order valence-corrected chi connectivity index (χ1v) is 9.53. The number of benzene rings is 2. The van der Waals surface area contributed by atoms with Crippen molar-refractivity contribution in [3.63, 3.8) is 0 Å². The Hall–Kier alpha value is -2.93. The highest BCUT2D eigenvalue weighted by atomic mass is 35.5. The molecular weight excluding hydrogens is 398 g/mol. The number of carbonyl (C=O) groups excluding carboxylic acids is 2. The summed E-state index contributed by atoms with van der Waals surface area (Å²) >= 11 is 6.18. The van der Waals surface area contributed by atoms with Crippen LogP contribution in [-0.4, -0.2) is 38.3 Å². The smallest absolute Gasteiger partial charge is 0.339 e. The van der Waals surface area contributed by atoms with E-state index in [9.17, 15) is 9.59 Å². The Morgan fingerprint density at radius 2 is 1.76 bits per heavy atom. The molecule has 29 heavy (non-hydrogen) atoms. The second-order valence-corrected chi connectivity index (χ2v) is 6.30. The van der Waals surface area contributed by atoms with Crippen molar-refractivity contribution >= 4 is 29.2 Å². The van der Waals surface area contributed by atoms with Gasteiger partial charge in [-0.25, -0.2) is 4.79 Å². The first-order chi connectivity index (χ1) is 13.9. The van der Waals surface area contributed by atoms with Crippen LogP contribution < -0.4 is 19.5 Å². The summed E-state index contributed by atoms with van der Waals surface area (Å²) in [7, 11) is 1.44. The predicted octanol–water partition coefficient (Wildman–Crippen LogP) is 4.33. The Morgan fingerprint density at radius 3 is 2.41 bits per heavy atom. The normalized spacial score (nSPS) is 11.3. The zero-order chi connectivity index (χ0) is 21.4. The molecular formula is C21H24ClNO6. The SMILES string of the molecule is CCOc1ccccc1NC(=O)[C@H](C)OC(=O)c1cc(Cl)c(OCC)c(OC)c1. The molecule has 0 heterocycles. The van der Waals surface area contributed by atoms with Gasteiger partial charge in [-0.05, 0) is 45.0 Å². The van der Waals surface area contributed by atoms with Crippen molar-refractivity contribution in [1.29, 1.82) is 0 Å². The standard InChI is InChI=1S/C21H24ClNO6/c1-5-27-17-10-8-7-9-16(17)23-20(24)13(3)29-21(25)14-11-15(22)19(28-6-2)18(12-14)26-4/h7-13H,5-6H2,1-4H3,(H,23,24)/t13-/m0/s1. The molecule has 1 atom stereocenters. The van der Waals surface area contributed by atoms with Crippen LogP contribution >= 0.6 is 11.6 Å². The molecule has 2 aromatic carbocycles. The number of halogens is 1. The number of hydrogen-bond donors (Lipinski definition) is 1. The van der Waals surface area contributed by atoms with Gasteiger partial charge in [-0.1, -0.05) is 23.7 Å². The Balaban J connectivity index is 2.10. The summed E-state index contributed by atoms with van der Waals surface area (Å²) in [6.07, 6.45) is -1.05. The molecule has 8 heteroatoms. The van der Waals surface area contributed by atoms with Crippen LogP contribution in [0.5, 0.6) is 17.2 Å². The zero-order valence-electron chi connectivity index (χ0n) is 16.8. The number of esters is 1. The molecule has 0 radical (unpaired) electrons. The summed E-state index contributed by atoms with van der Waals surface area (Å²) in [6.45, 7) is 5.98. The first kappa shape index (κ1) is 22.4. The average molecular weight is 422 g/mol. The minimum Gasteiger partial charge on any atom is -0.493 e. The van der Waals surface area contributed by atoms with E-state index in [0.29, 0.717) is 36.1 Å². The number of carbonyl (C=O) groups is 2. The highest BCUT2D eigenvalue weighted by molar-refractivity contribution is 6.32. The topological polar surface area (TPSA) is 83.1 Å². The van der Waals surface area contributed by atoms with E-state index in [-0.39, 0.29) is 10.6 Å². The van der Waals surface area contributed by atoms with E-state index in [1.807, 2.05) is 13.8 Å². The van der Waals surface area contributed by atoms with Crippen molar-refractivity contribution in [3.05, 3.63) is 47.0 Å². The average Bonchev–Trinajstić information content (AvgIpc) is 2.70. The lowest BCUT2D eigenvalue weighted by Gasteiger charge is -2.16. The molecule has 0 fully saturated rings. The lowest BCUT2D eigenvalue weighted by molar-refractivity contribution is -0.123. The number of para-hydroxylation sites is 2. The number of hydrogen-bond acceptors (Lipinski definition) is 6. The minimum absolute atomic E-state index is 0.143. The third-order valence-corrected chi connectivity index (χ3v) is 4.13. The quantitative estimate of drug-likeness (QED) is 0.607. The number of anilines is 1. The number of amides is 1. The van der Waals surface area contributed by atoms with Crippen LogP contribution in [0.1, 0.15) is 31.1 Å². The van der Waals surface area contributed by atoms with Crippen LogP contribution in [0.2, 0.25) is 5.02 Å². The summed E-state index contributed by atoms with van der Waals surface area (Å²) < 4.78 is 21.4. The Morgan fingerprint density at radius 1 is 1.07 bits per heavy atom. The Labute approximate surface area is 174 Å². The van der Waals surface area contributed by atoms with Gasteiger partial charge in [-0.3, -0.25) is 4.79 Å². The number of nitrogens with one attached hydrogen (secondary N) is 1. The molecule has 0 aliphatic carbocycles. The zero-order valence-corrected chi connectivity index (χ0v) is 17.5. The van der Waals surface area contributed by atoms with Crippen LogP contribution in [0.15, 0.2) is 36.4 Å². The minimum atomic E-state index is -1.05. The van der Waals surface area contributed by atoms with Crippen molar-refractivity contribution in [2.75, 3.05) is 25.6 Å². The Bertz CT molecular complexity index is 870. The van der Waals surface area contributed by atoms with E-state index >= 15 is 0 Å². The molecule has 2 rings (SSSR count). The maximum absolute atomic E-state index is 12.5. The summed E-state index contributed by atoms with van der Waals surface area (Å²) in [5, 5.41) is 2.91. The molecule has 0 spiro atoms. The fraction of sp³-hybridized carbons (Fsp3) is 0.333. The van der Waals surface area contributed by atoms with Crippen molar-refractivity contribution in [2.24, 2.45) is 0 Å². The van der Waals surface area contributed by atoms with Crippen molar-refractivity contribution in [2.45, 2.75) is 26.9 Å². The first-order valence-electron chi connectivity index (χ1n) is 9.15. The molecule has 1 N–H and O–H groups in total. The molecule has 0 aliphatic heterocycles. The van der Waals surface area contributed by atoms with Gasteiger partial charge >= 0.3 is 5.97 Å². The van der Waals surface area contributed by atoms with Gasteiger partial charge in [0.2, 0.25) is 0 Å². The molecule has 1 amide bonds. The van der Waals surface area contributed by atoms with Crippen molar-refractivity contribution < 1.29 is 28.5 Å². The number of rotatable bonds is 9. The van der Waals surface area contributed by atoms with Crippen LogP contribution in [0.4, 0.5) is 5.69 Å². The Kier molecular flexibility index (Phi) is 8.15. The fourth-order valence-corrected chi connectivity index (χ4v) is 2.76. The summed E-state index contributed by atoms with van der Waals surface area (Å²) in [6, 6.07) is 9.87. The van der Waals surface area contributed by atoms with Crippen LogP contribution in [-0.2, 0) is 9.53 Å². The van der Waals surface area contributed by atoms with Gasteiger partial charge in [-0.15, -0.1) is 0 Å². The molecule has 7 nitrogen and oxygen atoms in total. The summed E-state index contributed by atoms with van der Waals surface area (Å²) in [5.41, 5.74) is 0.637. The van der Waals surface area contributed by atoms with E-state index in [4.69, 9.17) is 30.5 Å². The van der Waals surface area contributed by atoms with E-state index in [0.717, 1.165) is 0 Å². The molecule has 0 aromatic heterocycles. The largest absolute Gasteiger partial charge is 0.493 e. The fourth-order valence-electron chi connectivity index (χ4n) is 2.49. The second-order valence-electron chi connectivity index (χ2n) is 5.89. The lowest BCUT2D eigenvalue weighted by Crippen LogP contribution is -2.30. The van der Waals surface area contributed by atoms with E-state index < -0.39 is 18.0 Å².